The van der Waals surface area contributed by atoms with E-state index in [1.807, 2.05) is 11.0 Å². The van der Waals surface area contributed by atoms with Gasteiger partial charge in [-0.1, -0.05) is 12.1 Å². The van der Waals surface area contributed by atoms with E-state index in [0.717, 1.165) is 37.1 Å². The summed E-state index contributed by atoms with van der Waals surface area (Å²) in [7, 11) is 0. The molecule has 0 unspecified atom stereocenters. The third-order valence-electron chi connectivity index (χ3n) is 3.48. The number of nitrogens with one attached hydrogen (secondary N) is 1. The van der Waals surface area contributed by atoms with Crippen LogP contribution in [0.5, 0.6) is 0 Å². The van der Waals surface area contributed by atoms with E-state index in [2.05, 4.69) is 4.98 Å². The molecule has 1 saturated heterocycles. The predicted octanol–water partition coefficient (Wildman–Crippen LogP) is 3.06. The number of hydrogen-bond acceptors (Lipinski definition) is 1. The molecule has 0 bridgehead atoms. The first-order chi connectivity index (χ1) is 9.24. The number of aromatic nitrogens is 1. The van der Waals surface area contributed by atoms with Gasteiger partial charge in [-0.3, -0.25) is 4.79 Å². The number of aromatic amines is 1. The molecule has 2 heterocycles. The van der Waals surface area contributed by atoms with E-state index in [9.17, 15) is 9.18 Å². The molecule has 1 aromatic carbocycles. The monoisotopic (exact) mass is 258 g/mol. The smallest absolute Gasteiger partial charge is 0.270 e. The standard InChI is InChI=1S/C15H15FN2O/c16-13-5-3-11(4-6-13)12-9-14(17-10-12)15(19)18-7-1-2-8-18/h3-6,9-10,17H,1-2,7-8H2. The minimum absolute atomic E-state index is 0.0471. The van der Waals surface area contributed by atoms with E-state index in [4.69, 9.17) is 0 Å². The third kappa shape index (κ3) is 2.38. The van der Waals surface area contributed by atoms with Crippen molar-refractivity contribution in [3.8, 4) is 11.1 Å². The van der Waals surface area contributed by atoms with Gasteiger partial charge in [-0.2, -0.15) is 0 Å². The number of carbonyl (C=O) groups is 1. The molecule has 1 amide bonds. The quantitative estimate of drug-likeness (QED) is 0.883. The van der Waals surface area contributed by atoms with Gasteiger partial charge in [0.25, 0.3) is 5.91 Å². The molecule has 0 radical (unpaired) electrons. The van der Waals surface area contributed by atoms with Crippen molar-refractivity contribution < 1.29 is 9.18 Å². The van der Waals surface area contributed by atoms with Gasteiger partial charge >= 0.3 is 0 Å². The lowest BCUT2D eigenvalue weighted by atomic mass is 10.1. The summed E-state index contributed by atoms with van der Waals surface area (Å²) in [4.78, 5) is 17.1. The van der Waals surface area contributed by atoms with Crippen LogP contribution in [-0.2, 0) is 0 Å². The Morgan fingerprint density at radius 2 is 1.79 bits per heavy atom. The average molecular weight is 258 g/mol. The molecule has 1 aromatic heterocycles. The van der Waals surface area contributed by atoms with Gasteiger partial charge in [-0.25, -0.2) is 4.39 Å². The SMILES string of the molecule is O=C(c1cc(-c2ccc(F)cc2)c[nH]1)N1CCCC1. The first-order valence-electron chi connectivity index (χ1n) is 6.48. The lowest BCUT2D eigenvalue weighted by Crippen LogP contribution is -2.27. The van der Waals surface area contributed by atoms with Crippen LogP contribution in [0.25, 0.3) is 11.1 Å². The largest absolute Gasteiger partial charge is 0.357 e. The molecule has 1 N–H and O–H groups in total. The van der Waals surface area contributed by atoms with Crippen LogP contribution < -0.4 is 0 Å². The Morgan fingerprint density at radius 3 is 2.47 bits per heavy atom. The Bertz CT molecular complexity index is 582. The molecule has 0 atom stereocenters. The Morgan fingerprint density at radius 1 is 1.11 bits per heavy atom. The summed E-state index contributed by atoms with van der Waals surface area (Å²) in [5.74, 6) is -0.210. The Hall–Kier alpha value is -2.10. The van der Waals surface area contributed by atoms with Crippen LogP contribution in [0.1, 0.15) is 23.3 Å². The normalized spacial score (nSPS) is 14.9. The number of benzene rings is 1. The van der Waals surface area contributed by atoms with Crippen LogP contribution in [0.4, 0.5) is 4.39 Å². The van der Waals surface area contributed by atoms with Crippen molar-refractivity contribution in [3.05, 3.63) is 48.0 Å². The summed E-state index contributed by atoms with van der Waals surface area (Å²) in [6, 6.07) is 8.09. The Balaban J connectivity index is 1.82. The van der Waals surface area contributed by atoms with Gasteiger partial charge in [0.1, 0.15) is 11.5 Å². The molecule has 1 aliphatic heterocycles. The molecule has 4 heteroatoms. The summed E-state index contributed by atoms with van der Waals surface area (Å²) in [5, 5.41) is 0. The van der Waals surface area contributed by atoms with Gasteiger partial charge in [-0.05, 0) is 42.2 Å². The number of halogens is 1. The number of H-pyrrole nitrogens is 1. The van der Waals surface area contributed by atoms with E-state index in [1.165, 1.54) is 12.1 Å². The highest BCUT2D eigenvalue weighted by molar-refractivity contribution is 5.94. The van der Waals surface area contributed by atoms with Gasteiger partial charge in [0.2, 0.25) is 0 Å². The van der Waals surface area contributed by atoms with Crippen molar-refractivity contribution in [2.24, 2.45) is 0 Å². The highest BCUT2D eigenvalue weighted by atomic mass is 19.1. The fourth-order valence-corrected chi connectivity index (χ4v) is 2.42. The second kappa shape index (κ2) is 4.88. The third-order valence-corrected chi connectivity index (χ3v) is 3.48. The van der Waals surface area contributed by atoms with E-state index in [-0.39, 0.29) is 11.7 Å². The van der Waals surface area contributed by atoms with Gasteiger partial charge in [-0.15, -0.1) is 0 Å². The van der Waals surface area contributed by atoms with Crippen LogP contribution in [0, 0.1) is 5.82 Å². The van der Waals surface area contributed by atoms with Crippen molar-refractivity contribution in [2.75, 3.05) is 13.1 Å². The maximum Gasteiger partial charge on any atom is 0.270 e. The van der Waals surface area contributed by atoms with Crippen LogP contribution in [0.3, 0.4) is 0 Å². The second-order valence-electron chi connectivity index (χ2n) is 4.81. The number of rotatable bonds is 2. The highest BCUT2D eigenvalue weighted by Crippen LogP contribution is 2.22. The number of likely N-dealkylation sites (tertiary alicyclic amines) is 1. The van der Waals surface area contributed by atoms with Crippen molar-refractivity contribution in [1.29, 1.82) is 0 Å². The van der Waals surface area contributed by atoms with Crippen LogP contribution in [-0.4, -0.2) is 28.9 Å². The first-order valence-corrected chi connectivity index (χ1v) is 6.48. The van der Waals surface area contributed by atoms with Crippen LogP contribution in [0.15, 0.2) is 36.5 Å². The number of hydrogen-bond donors (Lipinski definition) is 1. The second-order valence-corrected chi connectivity index (χ2v) is 4.81. The number of amides is 1. The van der Waals surface area contributed by atoms with Gasteiger partial charge in [0.15, 0.2) is 0 Å². The molecule has 98 valence electrons. The lowest BCUT2D eigenvalue weighted by Gasteiger charge is -2.13. The Kier molecular flexibility index (Phi) is 3.07. The van der Waals surface area contributed by atoms with E-state index in [1.54, 1.807) is 18.3 Å². The maximum absolute atomic E-state index is 12.9. The number of carbonyl (C=O) groups excluding carboxylic acids is 1. The zero-order valence-electron chi connectivity index (χ0n) is 10.5. The van der Waals surface area contributed by atoms with Crippen LogP contribution >= 0.6 is 0 Å². The molecule has 3 rings (SSSR count). The molecular weight excluding hydrogens is 243 g/mol. The molecule has 0 spiro atoms. The van der Waals surface area contributed by atoms with Gasteiger partial charge in [0, 0.05) is 19.3 Å². The molecule has 0 saturated carbocycles. The zero-order chi connectivity index (χ0) is 13.2. The van der Waals surface area contributed by atoms with Gasteiger partial charge in [0.05, 0.1) is 0 Å². The molecule has 1 aliphatic rings. The summed E-state index contributed by atoms with van der Waals surface area (Å²) < 4.78 is 12.9. The van der Waals surface area contributed by atoms with Crippen molar-refractivity contribution in [3.63, 3.8) is 0 Å². The lowest BCUT2D eigenvalue weighted by molar-refractivity contribution is 0.0788. The van der Waals surface area contributed by atoms with Gasteiger partial charge < -0.3 is 9.88 Å². The average Bonchev–Trinajstić information content (AvgIpc) is 3.10. The maximum atomic E-state index is 12.9. The molecular formula is C15H15FN2O. The topological polar surface area (TPSA) is 36.1 Å². The van der Waals surface area contributed by atoms with Crippen molar-refractivity contribution >= 4 is 5.91 Å². The van der Waals surface area contributed by atoms with Crippen LogP contribution in [0.2, 0.25) is 0 Å². The first kappa shape index (κ1) is 12.0. The number of nitrogens with zero attached hydrogens (tertiary/aromatic N) is 1. The van der Waals surface area contributed by atoms with Crippen molar-refractivity contribution in [1.82, 2.24) is 9.88 Å². The predicted molar refractivity (Wildman–Crippen MR) is 71.3 cm³/mol. The van der Waals surface area contributed by atoms with E-state index >= 15 is 0 Å². The van der Waals surface area contributed by atoms with Crippen molar-refractivity contribution in [2.45, 2.75) is 12.8 Å². The fourth-order valence-electron chi connectivity index (χ4n) is 2.42. The highest BCUT2D eigenvalue weighted by Gasteiger charge is 2.20. The summed E-state index contributed by atoms with van der Waals surface area (Å²) >= 11 is 0. The molecule has 1 fully saturated rings. The molecule has 3 nitrogen and oxygen atoms in total. The summed E-state index contributed by atoms with van der Waals surface area (Å²) in [6.07, 6.45) is 3.95. The minimum Gasteiger partial charge on any atom is -0.357 e. The summed E-state index contributed by atoms with van der Waals surface area (Å²) in [5.41, 5.74) is 2.40. The summed E-state index contributed by atoms with van der Waals surface area (Å²) in [6.45, 7) is 1.67. The molecule has 2 aromatic rings. The molecule has 19 heavy (non-hydrogen) atoms. The minimum atomic E-state index is -0.257. The van der Waals surface area contributed by atoms with E-state index in [0.29, 0.717) is 5.69 Å². The zero-order valence-corrected chi connectivity index (χ0v) is 10.5. The van der Waals surface area contributed by atoms with E-state index < -0.39 is 0 Å². The molecule has 0 aliphatic carbocycles. The fraction of sp³-hybridized carbons (Fsp3) is 0.267. The Labute approximate surface area is 111 Å².